The molecule has 0 spiro atoms. The number of carbonyl (C=O) groups is 4. The maximum absolute atomic E-state index is 10.5. The summed E-state index contributed by atoms with van der Waals surface area (Å²) in [4.78, 5) is 41.2. The minimum absolute atomic E-state index is 0.631. The van der Waals surface area contributed by atoms with E-state index < -0.39 is 36.6 Å². The fourth-order valence-corrected chi connectivity index (χ4v) is 0.379. The molecule has 0 rings (SSSR count). The van der Waals surface area contributed by atoms with Crippen molar-refractivity contribution in [3.05, 3.63) is 0 Å². The highest BCUT2D eigenvalue weighted by Gasteiger charge is 2.12. The molecule has 2 amide bonds. The van der Waals surface area contributed by atoms with Gasteiger partial charge in [-0.1, -0.05) is 0 Å². The molecule has 0 unspecified atom stereocenters. The number of nitrogens with two attached hydrogens (primary N) is 2. The molecule has 0 aromatic heterocycles. The Balaban J connectivity index is 3.69. The largest absolute Gasteiger partial charge is 0.365 e. The summed E-state index contributed by atoms with van der Waals surface area (Å²) < 4.78 is 4.38. The number of rotatable bonds is 6. The predicted octanol–water partition coefficient (Wildman–Crippen LogP) is -2.89. The minimum Gasteiger partial charge on any atom is -0.365 e. The van der Waals surface area contributed by atoms with Crippen LogP contribution >= 0.6 is 0 Å². The molecule has 0 aliphatic rings. The molecule has 0 atom stereocenters. The number of hydrogen-bond acceptors (Lipinski definition) is 5. The molecule has 0 radical (unpaired) electrons. The Kier molecular flexibility index (Phi) is 4.31. The molecule has 0 bridgehead atoms. The van der Waals surface area contributed by atoms with Gasteiger partial charge < -0.3 is 16.2 Å². The SMILES string of the molecule is NC(=O)C(=O)COCC(=O)C(N)=O. The van der Waals surface area contributed by atoms with E-state index in [0.717, 1.165) is 0 Å². The normalized spacial score (nSPS) is 9.23. The van der Waals surface area contributed by atoms with E-state index in [1.807, 2.05) is 0 Å². The molecule has 4 N–H and O–H groups in total. The van der Waals surface area contributed by atoms with Crippen molar-refractivity contribution in [1.29, 1.82) is 0 Å². The van der Waals surface area contributed by atoms with Crippen LogP contribution in [0.15, 0.2) is 0 Å². The van der Waals surface area contributed by atoms with E-state index in [0.29, 0.717) is 0 Å². The fourth-order valence-electron chi connectivity index (χ4n) is 0.379. The maximum atomic E-state index is 10.5. The monoisotopic (exact) mass is 188 g/mol. The van der Waals surface area contributed by atoms with Crippen LogP contribution in [0, 0.1) is 0 Å². The van der Waals surface area contributed by atoms with Gasteiger partial charge in [-0.3, -0.25) is 19.2 Å². The molecule has 0 saturated heterocycles. The number of primary amides is 2. The summed E-state index contributed by atoms with van der Waals surface area (Å²) in [5, 5.41) is 0. The molecule has 0 aromatic rings. The van der Waals surface area contributed by atoms with Gasteiger partial charge in [-0.25, -0.2) is 0 Å². The summed E-state index contributed by atoms with van der Waals surface area (Å²) in [5.74, 6) is -4.27. The first-order chi connectivity index (χ1) is 5.95. The fraction of sp³-hybridized carbons (Fsp3) is 0.333. The van der Waals surface area contributed by atoms with Crippen molar-refractivity contribution in [1.82, 2.24) is 0 Å². The lowest BCUT2D eigenvalue weighted by Gasteiger charge is -1.97. The number of Topliss-reactive ketones (excluding diaryl/α,β-unsaturated/α-hetero) is 2. The maximum Gasteiger partial charge on any atom is 0.287 e. The molecule has 0 saturated carbocycles. The Morgan fingerprint density at radius 1 is 0.846 bits per heavy atom. The molecule has 0 aliphatic carbocycles. The number of carbonyl (C=O) groups excluding carboxylic acids is 4. The van der Waals surface area contributed by atoms with Crippen LogP contribution in [0.1, 0.15) is 0 Å². The lowest BCUT2D eigenvalue weighted by molar-refractivity contribution is -0.142. The molecule has 0 heterocycles. The number of ether oxygens (including phenoxy) is 1. The third-order valence-corrected chi connectivity index (χ3v) is 1.02. The van der Waals surface area contributed by atoms with Gasteiger partial charge in [0.15, 0.2) is 0 Å². The second-order valence-corrected chi connectivity index (χ2v) is 2.07. The van der Waals surface area contributed by atoms with Crippen molar-refractivity contribution >= 4 is 23.4 Å². The van der Waals surface area contributed by atoms with Crippen LogP contribution in [-0.4, -0.2) is 36.6 Å². The first kappa shape index (κ1) is 11.2. The summed E-state index contributed by atoms with van der Waals surface area (Å²) >= 11 is 0. The first-order valence-corrected chi connectivity index (χ1v) is 3.18. The smallest absolute Gasteiger partial charge is 0.287 e. The molecule has 13 heavy (non-hydrogen) atoms. The van der Waals surface area contributed by atoms with Crippen LogP contribution in [0.4, 0.5) is 0 Å². The van der Waals surface area contributed by atoms with Crippen molar-refractivity contribution in [3.63, 3.8) is 0 Å². The lowest BCUT2D eigenvalue weighted by atomic mass is 10.4. The van der Waals surface area contributed by atoms with Crippen LogP contribution in [0.5, 0.6) is 0 Å². The molecule has 72 valence electrons. The van der Waals surface area contributed by atoms with E-state index >= 15 is 0 Å². The number of ketones is 2. The van der Waals surface area contributed by atoms with Gasteiger partial charge in [-0.2, -0.15) is 0 Å². The van der Waals surface area contributed by atoms with Crippen molar-refractivity contribution in [2.24, 2.45) is 11.5 Å². The number of hydrogen-bond donors (Lipinski definition) is 2. The van der Waals surface area contributed by atoms with Gasteiger partial charge in [0, 0.05) is 0 Å². The Morgan fingerprint density at radius 2 is 1.15 bits per heavy atom. The second kappa shape index (κ2) is 4.99. The third kappa shape index (κ3) is 4.64. The first-order valence-electron chi connectivity index (χ1n) is 3.18. The summed E-state index contributed by atoms with van der Waals surface area (Å²) in [6.07, 6.45) is 0. The molecular formula is C6H8N2O5. The zero-order chi connectivity index (χ0) is 10.4. The Hall–Kier alpha value is -1.76. The van der Waals surface area contributed by atoms with E-state index in [1.54, 1.807) is 0 Å². The highest BCUT2D eigenvalue weighted by Crippen LogP contribution is 1.79. The van der Waals surface area contributed by atoms with Gasteiger partial charge in [-0.05, 0) is 0 Å². The van der Waals surface area contributed by atoms with Gasteiger partial charge in [0.2, 0.25) is 11.6 Å². The summed E-state index contributed by atoms with van der Waals surface area (Å²) in [7, 11) is 0. The molecule has 0 aromatic carbocycles. The van der Waals surface area contributed by atoms with Gasteiger partial charge in [0.25, 0.3) is 11.8 Å². The topological polar surface area (TPSA) is 130 Å². The highest BCUT2D eigenvalue weighted by atomic mass is 16.5. The predicted molar refractivity (Wildman–Crippen MR) is 39.2 cm³/mol. The minimum atomic E-state index is -1.16. The lowest BCUT2D eigenvalue weighted by Crippen LogP contribution is -2.31. The van der Waals surface area contributed by atoms with Crippen LogP contribution in [0.2, 0.25) is 0 Å². The van der Waals surface area contributed by atoms with Crippen LogP contribution in [0.3, 0.4) is 0 Å². The Labute approximate surface area is 73.0 Å². The Morgan fingerprint density at radius 3 is 1.38 bits per heavy atom. The van der Waals surface area contributed by atoms with Crippen LogP contribution in [-0.2, 0) is 23.9 Å². The third-order valence-electron chi connectivity index (χ3n) is 1.02. The van der Waals surface area contributed by atoms with Crippen LogP contribution in [0.25, 0.3) is 0 Å². The zero-order valence-corrected chi connectivity index (χ0v) is 6.61. The molecule has 0 fully saturated rings. The van der Waals surface area contributed by atoms with Crippen molar-refractivity contribution in [2.75, 3.05) is 13.2 Å². The van der Waals surface area contributed by atoms with Crippen molar-refractivity contribution in [3.8, 4) is 0 Å². The quantitative estimate of drug-likeness (QED) is 0.432. The van der Waals surface area contributed by atoms with Crippen LogP contribution < -0.4 is 11.5 Å². The zero-order valence-electron chi connectivity index (χ0n) is 6.61. The van der Waals surface area contributed by atoms with Gasteiger partial charge >= 0.3 is 0 Å². The summed E-state index contributed by atoms with van der Waals surface area (Å²) in [6, 6.07) is 0. The molecule has 7 heteroatoms. The van der Waals surface area contributed by atoms with E-state index in [1.165, 1.54) is 0 Å². The summed E-state index contributed by atoms with van der Waals surface area (Å²) in [6.45, 7) is -1.26. The van der Waals surface area contributed by atoms with E-state index in [9.17, 15) is 19.2 Å². The van der Waals surface area contributed by atoms with Gasteiger partial charge in [-0.15, -0.1) is 0 Å². The average Bonchev–Trinajstić information content (AvgIpc) is 2.03. The van der Waals surface area contributed by atoms with Crippen molar-refractivity contribution in [2.45, 2.75) is 0 Å². The number of amides is 2. The molecular weight excluding hydrogens is 180 g/mol. The highest BCUT2D eigenvalue weighted by molar-refractivity contribution is 6.37. The van der Waals surface area contributed by atoms with Gasteiger partial charge in [0.1, 0.15) is 13.2 Å². The second-order valence-electron chi connectivity index (χ2n) is 2.07. The Bertz CT molecular complexity index is 234. The van der Waals surface area contributed by atoms with E-state index in [-0.39, 0.29) is 0 Å². The van der Waals surface area contributed by atoms with E-state index in [4.69, 9.17) is 0 Å². The molecule has 7 nitrogen and oxygen atoms in total. The average molecular weight is 188 g/mol. The molecule has 0 aliphatic heterocycles. The van der Waals surface area contributed by atoms with Gasteiger partial charge in [0.05, 0.1) is 0 Å². The van der Waals surface area contributed by atoms with E-state index in [2.05, 4.69) is 16.2 Å². The standard InChI is InChI=1S/C6H8N2O5/c7-5(11)3(9)1-13-2-4(10)6(8)12/h1-2H2,(H2,7,11)(H2,8,12). The van der Waals surface area contributed by atoms with Crippen molar-refractivity contribution < 1.29 is 23.9 Å². The summed E-state index contributed by atoms with van der Waals surface area (Å²) in [5.41, 5.74) is 9.14.